The van der Waals surface area contributed by atoms with E-state index in [9.17, 15) is 4.79 Å². The number of nitrogens with zero attached hydrogens (tertiary/aromatic N) is 2. The maximum absolute atomic E-state index is 11.3. The highest BCUT2D eigenvalue weighted by Gasteiger charge is 2.21. The van der Waals surface area contributed by atoms with Gasteiger partial charge in [-0.3, -0.25) is 10.1 Å². The van der Waals surface area contributed by atoms with Gasteiger partial charge in [-0.05, 0) is 13.0 Å². The van der Waals surface area contributed by atoms with Gasteiger partial charge in [-0.25, -0.2) is 5.32 Å². The quantitative estimate of drug-likeness (QED) is 0.529. The second-order valence-electron chi connectivity index (χ2n) is 2.85. The summed E-state index contributed by atoms with van der Waals surface area (Å²) in [5.41, 5.74) is 0. The lowest BCUT2D eigenvalue weighted by Gasteiger charge is -2.24. The van der Waals surface area contributed by atoms with E-state index in [-0.39, 0.29) is 12.1 Å². The summed E-state index contributed by atoms with van der Waals surface area (Å²) in [6, 6.07) is 0. The molecule has 4 heteroatoms. The van der Waals surface area contributed by atoms with Crippen LogP contribution >= 0.6 is 0 Å². The zero-order valence-corrected chi connectivity index (χ0v) is 7.00. The molecule has 0 aromatic heterocycles. The number of amides is 1. The molecular formula is C7H14N3O. The fourth-order valence-electron chi connectivity index (χ4n) is 1.01. The molecule has 1 radical (unpaired) electrons. The summed E-state index contributed by atoms with van der Waals surface area (Å²) in [5.74, 6) is 0.0460. The normalized spacial score (nSPS) is 19.8. The van der Waals surface area contributed by atoms with Gasteiger partial charge >= 0.3 is 0 Å². The lowest BCUT2D eigenvalue weighted by Crippen LogP contribution is -2.53. The molecule has 0 aliphatic carbocycles. The van der Waals surface area contributed by atoms with Crippen molar-refractivity contribution in [1.29, 1.82) is 0 Å². The molecule has 1 N–H and O–H groups in total. The van der Waals surface area contributed by atoms with E-state index in [0.717, 1.165) is 19.5 Å². The molecule has 1 atom stereocenters. The van der Waals surface area contributed by atoms with Crippen LogP contribution in [-0.4, -0.2) is 44.2 Å². The Bertz CT molecular complexity index is 141. The van der Waals surface area contributed by atoms with Crippen LogP contribution < -0.4 is 10.6 Å². The minimum absolute atomic E-state index is 0.0460. The number of rotatable bonds is 1. The highest BCUT2D eigenvalue weighted by atomic mass is 16.2. The van der Waals surface area contributed by atoms with E-state index >= 15 is 0 Å². The Kier molecular flexibility index (Phi) is 2.84. The first-order valence-corrected chi connectivity index (χ1v) is 3.83. The van der Waals surface area contributed by atoms with Crippen LogP contribution in [0.4, 0.5) is 0 Å². The molecule has 1 amide bonds. The van der Waals surface area contributed by atoms with Gasteiger partial charge in [-0.2, -0.15) is 0 Å². The van der Waals surface area contributed by atoms with E-state index in [4.69, 9.17) is 0 Å². The predicted molar refractivity (Wildman–Crippen MR) is 42.1 cm³/mol. The molecule has 1 heterocycles. The molecule has 1 rings (SSSR count). The zero-order valence-electron chi connectivity index (χ0n) is 7.00. The molecule has 63 valence electrons. The Morgan fingerprint density at radius 2 is 2.36 bits per heavy atom. The Morgan fingerprint density at radius 3 is 2.82 bits per heavy atom. The second kappa shape index (κ2) is 3.69. The SMILES string of the molecule is CN(C)C(=O)C1[N]CCCN1. The fraction of sp³-hybridized carbons (Fsp3) is 0.857. The van der Waals surface area contributed by atoms with Crippen molar-refractivity contribution in [2.24, 2.45) is 0 Å². The van der Waals surface area contributed by atoms with E-state index in [2.05, 4.69) is 10.6 Å². The summed E-state index contributed by atoms with van der Waals surface area (Å²) in [4.78, 5) is 12.8. The van der Waals surface area contributed by atoms with Gasteiger partial charge in [0.2, 0.25) is 0 Å². The molecule has 1 saturated heterocycles. The maximum Gasteiger partial charge on any atom is 0.255 e. The summed E-state index contributed by atoms with van der Waals surface area (Å²) < 4.78 is 0. The lowest BCUT2D eigenvalue weighted by molar-refractivity contribution is -0.132. The van der Waals surface area contributed by atoms with E-state index in [1.54, 1.807) is 19.0 Å². The van der Waals surface area contributed by atoms with Crippen molar-refractivity contribution in [3.63, 3.8) is 0 Å². The Balaban J connectivity index is 2.39. The third kappa shape index (κ3) is 2.17. The Morgan fingerprint density at radius 1 is 1.64 bits per heavy atom. The first kappa shape index (κ1) is 8.49. The van der Waals surface area contributed by atoms with Crippen molar-refractivity contribution >= 4 is 5.91 Å². The summed E-state index contributed by atoms with van der Waals surface area (Å²) in [5, 5.41) is 7.19. The van der Waals surface area contributed by atoms with Gasteiger partial charge in [0.05, 0.1) is 0 Å². The fourth-order valence-corrected chi connectivity index (χ4v) is 1.01. The van der Waals surface area contributed by atoms with Gasteiger partial charge in [0.15, 0.2) is 6.17 Å². The molecule has 1 aliphatic heterocycles. The van der Waals surface area contributed by atoms with Crippen LogP contribution in [0, 0.1) is 0 Å². The number of hydrogen-bond donors (Lipinski definition) is 1. The van der Waals surface area contributed by atoms with Crippen molar-refractivity contribution < 1.29 is 4.79 Å². The first-order valence-electron chi connectivity index (χ1n) is 3.83. The summed E-state index contributed by atoms with van der Waals surface area (Å²) in [7, 11) is 3.49. The van der Waals surface area contributed by atoms with E-state index < -0.39 is 0 Å². The van der Waals surface area contributed by atoms with Crippen molar-refractivity contribution in [2.75, 3.05) is 27.2 Å². The predicted octanol–water partition coefficient (Wildman–Crippen LogP) is -1.00. The van der Waals surface area contributed by atoms with Crippen LogP contribution in [0.1, 0.15) is 6.42 Å². The van der Waals surface area contributed by atoms with Crippen molar-refractivity contribution in [1.82, 2.24) is 15.5 Å². The van der Waals surface area contributed by atoms with E-state index in [1.165, 1.54) is 0 Å². The number of likely N-dealkylation sites (N-methyl/N-ethyl adjacent to an activating group) is 1. The zero-order chi connectivity index (χ0) is 8.27. The van der Waals surface area contributed by atoms with E-state index in [1.807, 2.05) is 0 Å². The van der Waals surface area contributed by atoms with Crippen molar-refractivity contribution in [2.45, 2.75) is 12.6 Å². The van der Waals surface area contributed by atoms with Crippen LogP contribution in [0.15, 0.2) is 0 Å². The molecule has 1 fully saturated rings. The third-order valence-corrected chi connectivity index (χ3v) is 1.66. The average molecular weight is 156 g/mol. The van der Waals surface area contributed by atoms with Crippen LogP contribution in [0.25, 0.3) is 0 Å². The van der Waals surface area contributed by atoms with Crippen LogP contribution in [0.3, 0.4) is 0 Å². The molecular weight excluding hydrogens is 142 g/mol. The molecule has 0 aromatic carbocycles. The summed E-state index contributed by atoms with van der Waals surface area (Å²) in [6.45, 7) is 1.70. The van der Waals surface area contributed by atoms with E-state index in [0.29, 0.717) is 0 Å². The minimum atomic E-state index is -0.293. The highest BCUT2D eigenvalue weighted by molar-refractivity contribution is 5.80. The monoisotopic (exact) mass is 156 g/mol. The lowest BCUT2D eigenvalue weighted by atomic mass is 10.3. The highest BCUT2D eigenvalue weighted by Crippen LogP contribution is 1.94. The minimum Gasteiger partial charge on any atom is -0.346 e. The third-order valence-electron chi connectivity index (χ3n) is 1.66. The first-order chi connectivity index (χ1) is 5.22. The van der Waals surface area contributed by atoms with Crippen LogP contribution in [0.5, 0.6) is 0 Å². The maximum atomic E-state index is 11.3. The van der Waals surface area contributed by atoms with Gasteiger partial charge in [0, 0.05) is 20.6 Å². The van der Waals surface area contributed by atoms with Gasteiger partial charge in [-0.1, -0.05) is 0 Å². The largest absolute Gasteiger partial charge is 0.346 e. The summed E-state index contributed by atoms with van der Waals surface area (Å²) in [6.07, 6.45) is 0.746. The Labute approximate surface area is 66.9 Å². The average Bonchev–Trinajstić information content (AvgIpc) is 2.05. The number of nitrogens with one attached hydrogen (secondary N) is 1. The van der Waals surface area contributed by atoms with Crippen LogP contribution in [0.2, 0.25) is 0 Å². The van der Waals surface area contributed by atoms with Crippen molar-refractivity contribution in [3.05, 3.63) is 0 Å². The standard InChI is InChI=1S/C7H14N3O/c1-10(2)7(11)6-8-4-3-5-9-6/h6,8H,3-5H2,1-2H3. The Hall–Kier alpha value is -0.610. The van der Waals surface area contributed by atoms with Crippen molar-refractivity contribution in [3.8, 4) is 0 Å². The number of hydrogen-bond acceptors (Lipinski definition) is 2. The molecule has 0 bridgehead atoms. The molecule has 0 saturated carbocycles. The number of carbonyl (C=O) groups is 1. The topological polar surface area (TPSA) is 46.4 Å². The number of carbonyl (C=O) groups excluding carboxylic acids is 1. The molecule has 0 aromatic rings. The van der Waals surface area contributed by atoms with Gasteiger partial charge in [0.25, 0.3) is 5.91 Å². The van der Waals surface area contributed by atoms with Gasteiger partial charge in [0.1, 0.15) is 0 Å². The van der Waals surface area contributed by atoms with Gasteiger partial charge in [-0.15, -0.1) is 0 Å². The van der Waals surface area contributed by atoms with Gasteiger partial charge < -0.3 is 4.90 Å². The smallest absolute Gasteiger partial charge is 0.255 e. The molecule has 0 spiro atoms. The summed E-state index contributed by atoms with van der Waals surface area (Å²) >= 11 is 0. The van der Waals surface area contributed by atoms with Crippen LogP contribution in [-0.2, 0) is 4.79 Å². The second-order valence-corrected chi connectivity index (χ2v) is 2.85. The molecule has 1 aliphatic rings. The molecule has 11 heavy (non-hydrogen) atoms. The molecule has 1 unspecified atom stereocenters. The molecule has 4 nitrogen and oxygen atoms in total.